The average molecular weight is 288 g/mol. The summed E-state index contributed by atoms with van der Waals surface area (Å²) in [6.45, 7) is 7.27. The zero-order chi connectivity index (χ0) is 13.8. The van der Waals surface area contributed by atoms with Crippen molar-refractivity contribution in [3.8, 4) is 0 Å². The minimum absolute atomic E-state index is 0.449. The van der Waals surface area contributed by atoms with Crippen molar-refractivity contribution in [2.75, 3.05) is 26.2 Å². The zero-order valence-electron chi connectivity index (χ0n) is 12.3. The molecule has 108 valence electrons. The van der Waals surface area contributed by atoms with Gasteiger partial charge in [-0.2, -0.15) is 0 Å². The minimum atomic E-state index is 0.449. The van der Waals surface area contributed by atoms with Gasteiger partial charge in [0.1, 0.15) is 0 Å². The van der Waals surface area contributed by atoms with Crippen LogP contribution >= 0.6 is 11.3 Å². The molecule has 0 amide bonds. The molecule has 2 heterocycles. The highest BCUT2D eigenvalue weighted by Gasteiger charge is 2.12. The Labute approximate surface area is 125 Å². The monoisotopic (exact) mass is 288 g/mol. The second-order valence-electron chi connectivity index (χ2n) is 5.77. The maximum atomic E-state index is 3.68. The first-order valence-electron chi connectivity index (χ1n) is 7.76. The summed E-state index contributed by atoms with van der Waals surface area (Å²) >= 11 is 1.85. The molecule has 1 atom stereocenters. The van der Waals surface area contributed by atoms with Crippen molar-refractivity contribution in [1.29, 1.82) is 0 Å². The van der Waals surface area contributed by atoms with Crippen LogP contribution in [0, 0.1) is 0 Å². The molecule has 1 unspecified atom stereocenters. The van der Waals surface area contributed by atoms with E-state index in [9.17, 15) is 0 Å². The maximum absolute atomic E-state index is 3.68. The highest BCUT2D eigenvalue weighted by molar-refractivity contribution is 7.17. The van der Waals surface area contributed by atoms with Crippen molar-refractivity contribution in [3.05, 3.63) is 35.2 Å². The number of benzene rings is 1. The molecule has 3 rings (SSSR count). The number of thiophene rings is 1. The third-order valence-corrected chi connectivity index (χ3v) is 5.26. The van der Waals surface area contributed by atoms with Crippen LogP contribution in [-0.4, -0.2) is 31.1 Å². The molecule has 1 N–H and O–H groups in total. The number of nitrogens with one attached hydrogen (secondary N) is 1. The number of fused-ring (bicyclic) bond motifs is 1. The third-order valence-electron chi connectivity index (χ3n) is 4.28. The van der Waals surface area contributed by atoms with Crippen LogP contribution in [-0.2, 0) is 0 Å². The lowest BCUT2D eigenvalue weighted by molar-refractivity contribution is 0.328. The zero-order valence-corrected chi connectivity index (χ0v) is 13.1. The number of nitrogens with zero attached hydrogens (tertiary/aromatic N) is 1. The summed E-state index contributed by atoms with van der Waals surface area (Å²) in [4.78, 5) is 2.59. The summed E-state index contributed by atoms with van der Waals surface area (Å²) in [6.07, 6.45) is 4.04. The van der Waals surface area contributed by atoms with Crippen LogP contribution in [0.4, 0.5) is 0 Å². The average Bonchev–Trinajstić information content (AvgIpc) is 3.12. The van der Waals surface area contributed by atoms with Gasteiger partial charge in [-0.3, -0.25) is 0 Å². The van der Waals surface area contributed by atoms with E-state index in [2.05, 4.69) is 46.8 Å². The lowest BCUT2D eigenvalue weighted by atomic mass is 10.1. The molecule has 3 heteroatoms. The Morgan fingerprint density at radius 2 is 2.05 bits per heavy atom. The van der Waals surface area contributed by atoms with Crippen molar-refractivity contribution in [2.45, 2.75) is 32.2 Å². The third kappa shape index (κ3) is 3.22. The Kier molecular flexibility index (Phi) is 4.71. The Morgan fingerprint density at radius 3 is 2.90 bits per heavy atom. The molecule has 1 aromatic heterocycles. The van der Waals surface area contributed by atoms with Crippen molar-refractivity contribution in [1.82, 2.24) is 10.2 Å². The van der Waals surface area contributed by atoms with Gasteiger partial charge < -0.3 is 10.2 Å². The Balaban J connectivity index is 1.50. The van der Waals surface area contributed by atoms with Gasteiger partial charge in [0, 0.05) is 10.7 Å². The smallest absolute Gasteiger partial charge is 0.0346 e. The fraction of sp³-hybridized carbons (Fsp3) is 0.529. The lowest BCUT2D eigenvalue weighted by Gasteiger charge is -2.17. The summed E-state index contributed by atoms with van der Waals surface area (Å²) in [5.74, 6) is 0. The second kappa shape index (κ2) is 6.70. The minimum Gasteiger partial charge on any atom is -0.310 e. The van der Waals surface area contributed by atoms with Gasteiger partial charge in [0.2, 0.25) is 0 Å². The second-order valence-corrected chi connectivity index (χ2v) is 6.68. The molecular weight excluding hydrogens is 264 g/mol. The first kappa shape index (κ1) is 14.1. The molecule has 2 nitrogen and oxygen atoms in total. The fourth-order valence-corrected chi connectivity index (χ4v) is 4.13. The van der Waals surface area contributed by atoms with Crippen LogP contribution in [0.2, 0.25) is 0 Å². The van der Waals surface area contributed by atoms with E-state index in [1.54, 1.807) is 0 Å². The van der Waals surface area contributed by atoms with E-state index in [1.165, 1.54) is 54.5 Å². The van der Waals surface area contributed by atoms with Gasteiger partial charge in [-0.1, -0.05) is 18.2 Å². The van der Waals surface area contributed by atoms with Gasteiger partial charge in [-0.25, -0.2) is 0 Å². The van der Waals surface area contributed by atoms with Crippen LogP contribution in [0.25, 0.3) is 10.1 Å². The molecule has 1 saturated heterocycles. The van der Waals surface area contributed by atoms with Crippen LogP contribution in [0.1, 0.15) is 37.8 Å². The van der Waals surface area contributed by atoms with E-state index in [-0.39, 0.29) is 0 Å². The maximum Gasteiger partial charge on any atom is 0.0346 e. The number of rotatable bonds is 6. The van der Waals surface area contributed by atoms with Crippen molar-refractivity contribution in [2.24, 2.45) is 0 Å². The van der Waals surface area contributed by atoms with E-state index in [4.69, 9.17) is 0 Å². The molecule has 1 aromatic carbocycles. The van der Waals surface area contributed by atoms with Crippen molar-refractivity contribution in [3.63, 3.8) is 0 Å². The van der Waals surface area contributed by atoms with Crippen molar-refractivity contribution >= 4 is 21.4 Å². The van der Waals surface area contributed by atoms with E-state index < -0.39 is 0 Å². The van der Waals surface area contributed by atoms with E-state index in [0.29, 0.717) is 6.04 Å². The Hall–Kier alpha value is -0.900. The topological polar surface area (TPSA) is 15.3 Å². The predicted molar refractivity (Wildman–Crippen MR) is 88.5 cm³/mol. The fourth-order valence-electron chi connectivity index (χ4n) is 3.07. The predicted octanol–water partition coefficient (Wildman–Crippen LogP) is 4.04. The highest BCUT2D eigenvalue weighted by Crippen LogP contribution is 2.29. The largest absolute Gasteiger partial charge is 0.310 e. The number of likely N-dealkylation sites (tertiary alicyclic amines) is 1. The quantitative estimate of drug-likeness (QED) is 0.807. The molecule has 2 aromatic rings. The molecule has 0 spiro atoms. The molecule has 0 saturated carbocycles. The van der Waals surface area contributed by atoms with Gasteiger partial charge in [0.25, 0.3) is 0 Å². The van der Waals surface area contributed by atoms with Gasteiger partial charge in [-0.05, 0) is 74.8 Å². The van der Waals surface area contributed by atoms with Gasteiger partial charge in [0.15, 0.2) is 0 Å². The van der Waals surface area contributed by atoms with E-state index in [0.717, 1.165) is 6.54 Å². The van der Waals surface area contributed by atoms with Crippen LogP contribution in [0.5, 0.6) is 0 Å². The molecule has 1 aliphatic rings. The highest BCUT2D eigenvalue weighted by atomic mass is 32.1. The van der Waals surface area contributed by atoms with Gasteiger partial charge in [0.05, 0.1) is 0 Å². The normalized spacial score (nSPS) is 17.9. The summed E-state index contributed by atoms with van der Waals surface area (Å²) < 4.78 is 1.40. The Morgan fingerprint density at radius 1 is 1.25 bits per heavy atom. The molecule has 0 radical (unpaired) electrons. The molecule has 0 aliphatic carbocycles. The standard InChI is InChI=1S/C17H24N2S/c1-14(18-9-6-12-19-10-4-5-11-19)16-13-20-17-8-3-2-7-15(16)17/h2-3,7-8,13-14,18H,4-6,9-12H2,1H3. The summed E-state index contributed by atoms with van der Waals surface area (Å²) in [6, 6.07) is 9.16. The number of hydrogen-bond acceptors (Lipinski definition) is 3. The first-order chi connectivity index (χ1) is 9.84. The van der Waals surface area contributed by atoms with Crippen LogP contribution < -0.4 is 5.32 Å². The SMILES string of the molecule is CC(NCCCN1CCCC1)c1csc2ccccc12. The van der Waals surface area contributed by atoms with Gasteiger partial charge in [-0.15, -0.1) is 11.3 Å². The molecule has 1 aliphatic heterocycles. The van der Waals surface area contributed by atoms with E-state index in [1.807, 2.05) is 11.3 Å². The molecule has 0 bridgehead atoms. The van der Waals surface area contributed by atoms with Gasteiger partial charge >= 0.3 is 0 Å². The summed E-state index contributed by atoms with van der Waals surface area (Å²) in [5, 5.41) is 7.40. The first-order valence-corrected chi connectivity index (χ1v) is 8.64. The van der Waals surface area contributed by atoms with Crippen LogP contribution in [0.15, 0.2) is 29.6 Å². The molecular formula is C17H24N2S. The summed E-state index contributed by atoms with van der Waals surface area (Å²) in [7, 11) is 0. The molecule has 20 heavy (non-hydrogen) atoms. The number of hydrogen-bond donors (Lipinski definition) is 1. The summed E-state index contributed by atoms with van der Waals surface area (Å²) in [5.41, 5.74) is 1.45. The van der Waals surface area contributed by atoms with E-state index >= 15 is 0 Å². The molecule has 1 fully saturated rings. The lowest BCUT2D eigenvalue weighted by Crippen LogP contribution is -2.26. The van der Waals surface area contributed by atoms with Crippen LogP contribution in [0.3, 0.4) is 0 Å². The van der Waals surface area contributed by atoms with Crippen molar-refractivity contribution < 1.29 is 0 Å². The Bertz CT molecular complexity index is 543.